The summed E-state index contributed by atoms with van der Waals surface area (Å²) < 4.78 is 33.9. The SMILES string of the molecule is Cc1ccc(S(=O)(=O)OC(C)OCCCCO)cc1. The molecule has 1 rings (SSSR count). The van der Waals surface area contributed by atoms with Gasteiger partial charge in [0.15, 0.2) is 6.29 Å². The molecule has 19 heavy (non-hydrogen) atoms. The molecule has 5 nitrogen and oxygen atoms in total. The minimum Gasteiger partial charge on any atom is -0.396 e. The zero-order chi connectivity index (χ0) is 14.3. The Morgan fingerprint density at radius 2 is 1.84 bits per heavy atom. The molecule has 0 aliphatic heterocycles. The van der Waals surface area contributed by atoms with E-state index >= 15 is 0 Å². The second kappa shape index (κ2) is 7.59. The summed E-state index contributed by atoms with van der Waals surface area (Å²) in [6.07, 6.45) is 0.441. The number of aryl methyl sites for hydroxylation is 1. The van der Waals surface area contributed by atoms with Gasteiger partial charge in [-0.2, -0.15) is 8.42 Å². The molecule has 0 aliphatic rings. The fraction of sp³-hybridized carbons (Fsp3) is 0.538. The van der Waals surface area contributed by atoms with Crippen molar-refractivity contribution in [1.82, 2.24) is 0 Å². The lowest BCUT2D eigenvalue weighted by Crippen LogP contribution is -2.19. The maximum absolute atomic E-state index is 11.9. The van der Waals surface area contributed by atoms with E-state index in [1.54, 1.807) is 12.1 Å². The van der Waals surface area contributed by atoms with Gasteiger partial charge >= 0.3 is 0 Å². The van der Waals surface area contributed by atoms with Crippen molar-refractivity contribution in [2.75, 3.05) is 13.2 Å². The number of unbranched alkanes of at least 4 members (excludes halogenated alkanes) is 1. The molecule has 1 N–H and O–H groups in total. The van der Waals surface area contributed by atoms with E-state index in [0.717, 1.165) is 5.56 Å². The zero-order valence-corrected chi connectivity index (χ0v) is 12.0. The molecule has 1 unspecified atom stereocenters. The Kier molecular flexibility index (Phi) is 6.44. The molecule has 1 aromatic carbocycles. The Hall–Kier alpha value is -0.950. The van der Waals surface area contributed by atoms with E-state index in [1.165, 1.54) is 19.1 Å². The molecular weight excluding hydrogens is 268 g/mol. The van der Waals surface area contributed by atoms with Crippen LogP contribution in [0.3, 0.4) is 0 Å². The molecule has 6 heteroatoms. The average Bonchev–Trinajstić information content (AvgIpc) is 2.34. The van der Waals surface area contributed by atoms with Gasteiger partial charge in [-0.25, -0.2) is 4.18 Å². The number of hydrogen-bond donors (Lipinski definition) is 1. The number of aliphatic hydroxyl groups is 1. The van der Waals surface area contributed by atoms with Gasteiger partial charge in [0.2, 0.25) is 0 Å². The molecule has 0 amide bonds. The lowest BCUT2D eigenvalue weighted by molar-refractivity contribution is -0.0642. The van der Waals surface area contributed by atoms with Gasteiger partial charge in [0.05, 0.1) is 4.90 Å². The Labute approximate surface area is 114 Å². The highest BCUT2D eigenvalue weighted by Crippen LogP contribution is 2.15. The van der Waals surface area contributed by atoms with Gasteiger partial charge in [0.25, 0.3) is 10.1 Å². The number of aliphatic hydroxyl groups excluding tert-OH is 1. The average molecular weight is 288 g/mol. The van der Waals surface area contributed by atoms with E-state index in [-0.39, 0.29) is 11.5 Å². The van der Waals surface area contributed by atoms with Gasteiger partial charge in [0, 0.05) is 13.2 Å². The highest BCUT2D eigenvalue weighted by Gasteiger charge is 2.19. The quantitative estimate of drug-likeness (QED) is 0.449. The van der Waals surface area contributed by atoms with Crippen molar-refractivity contribution < 1.29 is 22.4 Å². The summed E-state index contributed by atoms with van der Waals surface area (Å²) in [5, 5.41) is 8.61. The van der Waals surface area contributed by atoms with Gasteiger partial charge in [-0.1, -0.05) is 17.7 Å². The predicted molar refractivity (Wildman–Crippen MR) is 71.2 cm³/mol. The van der Waals surface area contributed by atoms with Crippen LogP contribution in [-0.2, 0) is 19.0 Å². The molecule has 0 radical (unpaired) electrons. The van der Waals surface area contributed by atoms with Crippen molar-refractivity contribution in [1.29, 1.82) is 0 Å². The zero-order valence-electron chi connectivity index (χ0n) is 11.2. The summed E-state index contributed by atoms with van der Waals surface area (Å²) in [6, 6.07) is 6.43. The highest BCUT2D eigenvalue weighted by atomic mass is 32.2. The van der Waals surface area contributed by atoms with Gasteiger partial charge in [-0.15, -0.1) is 0 Å². The Morgan fingerprint density at radius 1 is 1.21 bits per heavy atom. The van der Waals surface area contributed by atoms with Gasteiger partial charge < -0.3 is 9.84 Å². The molecule has 1 atom stereocenters. The van der Waals surface area contributed by atoms with Crippen LogP contribution in [0.15, 0.2) is 29.2 Å². The summed E-state index contributed by atoms with van der Waals surface area (Å²) in [7, 11) is -3.79. The van der Waals surface area contributed by atoms with E-state index in [4.69, 9.17) is 14.0 Å². The van der Waals surface area contributed by atoms with Crippen molar-refractivity contribution in [2.45, 2.75) is 37.9 Å². The fourth-order valence-electron chi connectivity index (χ4n) is 1.43. The van der Waals surface area contributed by atoms with Crippen LogP contribution in [0.4, 0.5) is 0 Å². The highest BCUT2D eigenvalue weighted by molar-refractivity contribution is 7.86. The third-order valence-corrected chi connectivity index (χ3v) is 3.85. The van der Waals surface area contributed by atoms with Crippen LogP contribution >= 0.6 is 0 Å². The van der Waals surface area contributed by atoms with Crippen LogP contribution < -0.4 is 0 Å². The second-order valence-electron chi connectivity index (χ2n) is 4.23. The van der Waals surface area contributed by atoms with Gasteiger partial charge in [0.1, 0.15) is 0 Å². The fourth-order valence-corrected chi connectivity index (χ4v) is 2.42. The second-order valence-corrected chi connectivity index (χ2v) is 5.80. The van der Waals surface area contributed by atoms with Crippen molar-refractivity contribution in [3.8, 4) is 0 Å². The van der Waals surface area contributed by atoms with Crippen LogP contribution in [0.25, 0.3) is 0 Å². The van der Waals surface area contributed by atoms with Crippen LogP contribution in [-0.4, -0.2) is 33.0 Å². The summed E-state index contributed by atoms with van der Waals surface area (Å²) in [4.78, 5) is 0.115. The first-order valence-corrected chi connectivity index (χ1v) is 7.59. The smallest absolute Gasteiger partial charge is 0.299 e. The standard InChI is InChI=1S/C13H20O5S/c1-11-5-7-13(8-6-11)19(15,16)18-12(2)17-10-4-3-9-14/h5-8,12,14H,3-4,9-10H2,1-2H3. The van der Waals surface area contributed by atoms with E-state index in [0.29, 0.717) is 19.4 Å². The molecule has 0 aliphatic carbocycles. The lowest BCUT2D eigenvalue weighted by Gasteiger charge is -2.13. The Bertz CT molecular complexity index is 466. The predicted octanol–water partition coefficient (Wildman–Crippen LogP) is 1.84. The molecule has 0 saturated carbocycles. The summed E-state index contributed by atoms with van der Waals surface area (Å²) in [6.45, 7) is 3.86. The molecule has 0 aromatic heterocycles. The number of hydrogen-bond acceptors (Lipinski definition) is 5. The van der Waals surface area contributed by atoms with Gasteiger partial charge in [-0.3, -0.25) is 0 Å². The van der Waals surface area contributed by atoms with Crippen LogP contribution in [0.1, 0.15) is 25.3 Å². The first kappa shape index (κ1) is 16.1. The maximum atomic E-state index is 11.9. The topological polar surface area (TPSA) is 72.8 Å². The monoisotopic (exact) mass is 288 g/mol. The third-order valence-electron chi connectivity index (χ3n) is 2.48. The van der Waals surface area contributed by atoms with E-state index < -0.39 is 16.4 Å². The van der Waals surface area contributed by atoms with Crippen molar-refractivity contribution in [2.24, 2.45) is 0 Å². The van der Waals surface area contributed by atoms with E-state index in [1.807, 2.05) is 6.92 Å². The Balaban J connectivity index is 2.52. The number of ether oxygens (including phenoxy) is 1. The molecule has 0 fully saturated rings. The molecule has 0 spiro atoms. The van der Waals surface area contributed by atoms with Crippen LogP contribution in [0.5, 0.6) is 0 Å². The first-order chi connectivity index (χ1) is 8.95. The molecule has 1 aromatic rings. The summed E-state index contributed by atoms with van der Waals surface area (Å²) in [5.41, 5.74) is 0.979. The lowest BCUT2D eigenvalue weighted by atomic mass is 10.2. The van der Waals surface area contributed by atoms with E-state index in [2.05, 4.69) is 0 Å². The molecule has 108 valence electrons. The number of benzene rings is 1. The maximum Gasteiger partial charge on any atom is 0.299 e. The van der Waals surface area contributed by atoms with E-state index in [9.17, 15) is 8.42 Å². The minimum atomic E-state index is -3.79. The molecule has 0 heterocycles. The molecule has 0 saturated heterocycles. The van der Waals surface area contributed by atoms with Gasteiger partial charge in [-0.05, 0) is 38.8 Å². The largest absolute Gasteiger partial charge is 0.396 e. The summed E-state index contributed by atoms with van der Waals surface area (Å²) >= 11 is 0. The van der Waals surface area contributed by atoms with Crippen molar-refractivity contribution in [3.05, 3.63) is 29.8 Å². The summed E-state index contributed by atoms with van der Waals surface area (Å²) in [5.74, 6) is 0. The minimum absolute atomic E-state index is 0.0975. The van der Waals surface area contributed by atoms with Crippen LogP contribution in [0.2, 0.25) is 0 Å². The third kappa shape index (κ3) is 5.69. The first-order valence-electron chi connectivity index (χ1n) is 6.18. The Morgan fingerprint density at radius 3 is 2.42 bits per heavy atom. The van der Waals surface area contributed by atoms with Crippen LogP contribution in [0, 0.1) is 6.92 Å². The van der Waals surface area contributed by atoms with Crippen molar-refractivity contribution >= 4 is 10.1 Å². The normalized spacial score (nSPS) is 13.4. The van der Waals surface area contributed by atoms with Crippen molar-refractivity contribution in [3.63, 3.8) is 0 Å². The number of rotatable bonds is 8. The molecule has 0 bridgehead atoms. The molecular formula is C13H20O5S.